The maximum Gasteiger partial charge on any atom is 0.267 e. The molecule has 7 nitrogen and oxygen atoms in total. The first-order valence-electron chi connectivity index (χ1n) is 11.8. The van der Waals surface area contributed by atoms with Crippen LogP contribution in [0.25, 0.3) is 0 Å². The molecule has 2 amide bonds. The van der Waals surface area contributed by atoms with Gasteiger partial charge >= 0.3 is 0 Å². The van der Waals surface area contributed by atoms with Gasteiger partial charge in [-0.2, -0.15) is 5.26 Å². The van der Waals surface area contributed by atoms with Crippen molar-refractivity contribution in [3.05, 3.63) is 89.5 Å². The lowest BCUT2D eigenvalue weighted by atomic mass is 10.1. The molecule has 0 N–H and O–H groups in total. The zero-order chi connectivity index (χ0) is 24.9. The van der Waals surface area contributed by atoms with Crippen LogP contribution in [0.5, 0.6) is 11.5 Å². The zero-order valence-corrected chi connectivity index (χ0v) is 20.4. The van der Waals surface area contributed by atoms with Gasteiger partial charge in [0.25, 0.3) is 11.8 Å². The molecule has 0 aromatic heterocycles. The first-order valence-corrected chi connectivity index (χ1v) is 12.8. The van der Waals surface area contributed by atoms with Gasteiger partial charge in [-0.05, 0) is 42.0 Å². The van der Waals surface area contributed by atoms with E-state index in [9.17, 15) is 9.59 Å². The van der Waals surface area contributed by atoms with E-state index in [1.807, 2.05) is 54.6 Å². The van der Waals surface area contributed by atoms with Crippen molar-refractivity contribution in [1.82, 2.24) is 9.80 Å². The second-order valence-electron chi connectivity index (χ2n) is 8.58. The number of nitriles is 1. The Hall–Kier alpha value is -3.96. The van der Waals surface area contributed by atoms with Gasteiger partial charge in [-0.25, -0.2) is 0 Å². The minimum absolute atomic E-state index is 0.0313. The highest BCUT2D eigenvalue weighted by molar-refractivity contribution is 7.98. The Bertz CT molecular complexity index is 1300. The first-order chi connectivity index (χ1) is 17.6. The highest BCUT2D eigenvalue weighted by Crippen LogP contribution is 2.32. The van der Waals surface area contributed by atoms with Crippen molar-refractivity contribution in [3.63, 3.8) is 0 Å². The van der Waals surface area contributed by atoms with Crippen LogP contribution < -0.4 is 9.47 Å². The number of carbonyl (C=O) groups excluding carboxylic acids is 2. The van der Waals surface area contributed by atoms with E-state index in [1.54, 1.807) is 39.8 Å². The number of para-hydroxylation sites is 2. The maximum absolute atomic E-state index is 13.4. The van der Waals surface area contributed by atoms with Crippen LogP contribution in [0.4, 0.5) is 0 Å². The normalized spacial score (nSPS) is 16.8. The lowest BCUT2D eigenvalue weighted by Crippen LogP contribution is -2.55. The molecule has 2 aliphatic rings. The fourth-order valence-corrected chi connectivity index (χ4v) is 5.25. The summed E-state index contributed by atoms with van der Waals surface area (Å²) in [4.78, 5) is 30.8. The number of hydrogen-bond acceptors (Lipinski definition) is 6. The van der Waals surface area contributed by atoms with Gasteiger partial charge in [0.2, 0.25) is 6.10 Å². The molecule has 0 aliphatic carbocycles. The van der Waals surface area contributed by atoms with Crippen molar-refractivity contribution < 1.29 is 19.1 Å². The molecule has 5 rings (SSSR count). The monoisotopic (exact) mass is 499 g/mol. The second kappa shape index (κ2) is 10.8. The summed E-state index contributed by atoms with van der Waals surface area (Å²) in [6, 6.07) is 24.5. The van der Waals surface area contributed by atoms with Gasteiger partial charge in [-0.3, -0.25) is 9.59 Å². The summed E-state index contributed by atoms with van der Waals surface area (Å²) in [6.45, 7) is 2.00. The van der Waals surface area contributed by atoms with Crippen molar-refractivity contribution in [3.8, 4) is 17.6 Å². The van der Waals surface area contributed by atoms with E-state index < -0.39 is 6.10 Å². The van der Waals surface area contributed by atoms with Crippen LogP contribution in [0.3, 0.4) is 0 Å². The Morgan fingerprint density at radius 3 is 2.31 bits per heavy atom. The summed E-state index contributed by atoms with van der Waals surface area (Å²) >= 11 is 1.60. The van der Waals surface area contributed by atoms with Crippen LogP contribution in [0.1, 0.15) is 21.5 Å². The molecular formula is C28H25N3O4S. The zero-order valence-electron chi connectivity index (χ0n) is 19.6. The van der Waals surface area contributed by atoms with Crippen molar-refractivity contribution in [2.45, 2.75) is 16.8 Å². The summed E-state index contributed by atoms with van der Waals surface area (Å²) in [5.74, 6) is 1.77. The molecule has 36 heavy (non-hydrogen) atoms. The van der Waals surface area contributed by atoms with Crippen LogP contribution in [-0.4, -0.2) is 60.5 Å². The summed E-state index contributed by atoms with van der Waals surface area (Å²) in [7, 11) is 0. The van der Waals surface area contributed by atoms with Crippen LogP contribution >= 0.6 is 11.8 Å². The third-order valence-electron chi connectivity index (χ3n) is 6.26. The quantitative estimate of drug-likeness (QED) is 0.494. The number of piperazine rings is 1. The Labute approximate surface area is 214 Å². The van der Waals surface area contributed by atoms with E-state index in [-0.39, 0.29) is 18.4 Å². The molecule has 1 fully saturated rings. The molecule has 1 unspecified atom stereocenters. The lowest BCUT2D eigenvalue weighted by Gasteiger charge is -2.37. The van der Waals surface area contributed by atoms with E-state index in [0.29, 0.717) is 54.6 Å². The topological polar surface area (TPSA) is 82.9 Å². The van der Waals surface area contributed by atoms with Crippen LogP contribution in [0.15, 0.2) is 77.7 Å². The van der Waals surface area contributed by atoms with Gasteiger partial charge in [0.1, 0.15) is 6.61 Å². The summed E-state index contributed by atoms with van der Waals surface area (Å²) in [6.07, 6.45) is -0.679. The van der Waals surface area contributed by atoms with Crippen LogP contribution in [0, 0.1) is 11.3 Å². The van der Waals surface area contributed by atoms with Gasteiger partial charge in [-0.15, -0.1) is 11.8 Å². The average molecular weight is 500 g/mol. The molecule has 1 saturated heterocycles. The van der Waals surface area contributed by atoms with Crippen LogP contribution in [0.2, 0.25) is 0 Å². The van der Waals surface area contributed by atoms with E-state index in [1.165, 1.54) is 0 Å². The number of rotatable bonds is 5. The molecule has 8 heteroatoms. The predicted molar refractivity (Wildman–Crippen MR) is 136 cm³/mol. The van der Waals surface area contributed by atoms with Crippen molar-refractivity contribution in [1.29, 1.82) is 5.26 Å². The third kappa shape index (κ3) is 5.16. The molecule has 3 aromatic carbocycles. The number of nitrogens with zero attached hydrogens (tertiary/aromatic N) is 3. The van der Waals surface area contributed by atoms with Crippen molar-refractivity contribution in [2.24, 2.45) is 0 Å². The average Bonchev–Trinajstić information content (AvgIpc) is 2.95. The maximum atomic E-state index is 13.4. The van der Waals surface area contributed by atoms with E-state index >= 15 is 0 Å². The molecular weight excluding hydrogens is 474 g/mol. The molecule has 0 radical (unpaired) electrons. The molecule has 182 valence electrons. The number of benzene rings is 3. The fourth-order valence-electron chi connectivity index (χ4n) is 4.25. The molecule has 2 aliphatic heterocycles. The van der Waals surface area contributed by atoms with Gasteiger partial charge in [0.15, 0.2) is 11.5 Å². The minimum Gasteiger partial charge on any atom is -0.485 e. The summed E-state index contributed by atoms with van der Waals surface area (Å²) < 4.78 is 11.6. The smallest absolute Gasteiger partial charge is 0.267 e. The second-order valence-corrected chi connectivity index (χ2v) is 9.59. The molecule has 2 heterocycles. The lowest BCUT2D eigenvalue weighted by molar-refractivity contribution is -0.142. The number of fused-ring (bicyclic) bond motifs is 1. The SMILES string of the molecule is N#Cc1ccc(CSc2ccccc2C(=O)N2CCN(C(=O)C3COc4ccccc4O3)CC2)cc1. The number of ether oxygens (including phenoxy) is 2. The van der Waals surface area contributed by atoms with Crippen molar-refractivity contribution in [2.75, 3.05) is 32.8 Å². The molecule has 1 atom stereocenters. The van der Waals surface area contributed by atoms with Gasteiger partial charge in [0, 0.05) is 36.8 Å². The molecule has 3 aromatic rings. The van der Waals surface area contributed by atoms with Gasteiger partial charge in [0.05, 0.1) is 17.2 Å². The number of carbonyl (C=O) groups is 2. The first kappa shape index (κ1) is 23.8. The predicted octanol–water partition coefficient (Wildman–Crippen LogP) is 3.97. The Balaban J connectivity index is 1.18. The molecule has 0 bridgehead atoms. The minimum atomic E-state index is -0.679. The highest BCUT2D eigenvalue weighted by atomic mass is 32.2. The van der Waals surface area contributed by atoms with E-state index in [2.05, 4.69) is 6.07 Å². The van der Waals surface area contributed by atoms with E-state index in [4.69, 9.17) is 14.7 Å². The Morgan fingerprint density at radius 2 is 1.56 bits per heavy atom. The Kier molecular flexibility index (Phi) is 7.10. The van der Waals surface area contributed by atoms with Gasteiger partial charge < -0.3 is 19.3 Å². The number of amides is 2. The van der Waals surface area contributed by atoms with Crippen molar-refractivity contribution >= 4 is 23.6 Å². The van der Waals surface area contributed by atoms with Gasteiger partial charge in [-0.1, -0.05) is 36.4 Å². The fraction of sp³-hybridized carbons (Fsp3) is 0.250. The third-order valence-corrected chi connectivity index (χ3v) is 7.40. The van der Waals surface area contributed by atoms with Crippen LogP contribution in [-0.2, 0) is 10.5 Å². The molecule has 0 spiro atoms. The largest absolute Gasteiger partial charge is 0.485 e. The molecule has 0 saturated carbocycles. The van der Waals surface area contributed by atoms with E-state index in [0.717, 1.165) is 10.5 Å². The summed E-state index contributed by atoms with van der Waals surface area (Å²) in [5.41, 5.74) is 2.38. The number of thioether (sulfide) groups is 1. The highest BCUT2D eigenvalue weighted by Gasteiger charge is 2.33. The summed E-state index contributed by atoms with van der Waals surface area (Å²) in [5, 5.41) is 8.98. The Morgan fingerprint density at radius 1 is 0.889 bits per heavy atom. The standard InChI is InChI=1S/C28H25N3O4S/c29-17-20-9-11-21(12-10-20)19-36-26-8-4-1-5-22(26)27(32)30-13-15-31(16-14-30)28(33)25-18-34-23-6-2-3-7-24(23)35-25/h1-12,25H,13-16,18-19H2. The number of hydrogen-bond donors (Lipinski definition) is 0.